The van der Waals surface area contributed by atoms with Crippen molar-refractivity contribution in [3.8, 4) is 0 Å². The molecule has 1 atom stereocenters. The highest BCUT2D eigenvalue weighted by atomic mass is 16.6. The molecule has 0 saturated carbocycles. The third kappa shape index (κ3) is 7.59. The Morgan fingerprint density at radius 3 is 2.12 bits per heavy atom. The average Bonchev–Trinajstić information content (AvgIpc) is 2.83. The van der Waals surface area contributed by atoms with Crippen molar-refractivity contribution < 1.29 is 9.53 Å². The summed E-state index contributed by atoms with van der Waals surface area (Å²) >= 11 is 0. The summed E-state index contributed by atoms with van der Waals surface area (Å²) in [5.74, 6) is 0. The van der Waals surface area contributed by atoms with E-state index in [0.717, 1.165) is 50.9 Å². The third-order valence-corrected chi connectivity index (χ3v) is 7.15. The number of ether oxygens (including phenoxy) is 1. The first-order valence-corrected chi connectivity index (χ1v) is 13.0. The number of amides is 1. The molecule has 1 saturated heterocycles. The van der Waals surface area contributed by atoms with Crippen molar-refractivity contribution in [3.63, 3.8) is 0 Å². The number of hydrogen-bond acceptors (Lipinski definition) is 3. The van der Waals surface area contributed by atoms with E-state index >= 15 is 0 Å². The molecule has 0 aromatic heterocycles. The van der Waals surface area contributed by atoms with Crippen molar-refractivity contribution in [3.05, 3.63) is 71.8 Å². The summed E-state index contributed by atoms with van der Waals surface area (Å²) in [6.45, 7) is 15.7. The van der Waals surface area contributed by atoms with Gasteiger partial charge < -0.3 is 14.5 Å². The number of likely N-dealkylation sites (tertiary alicyclic amines) is 1. The lowest BCUT2D eigenvalue weighted by Crippen LogP contribution is -2.48. The van der Waals surface area contributed by atoms with E-state index in [9.17, 15) is 4.79 Å². The van der Waals surface area contributed by atoms with Crippen LogP contribution in [0.2, 0.25) is 0 Å². The fourth-order valence-electron chi connectivity index (χ4n) is 5.54. The summed E-state index contributed by atoms with van der Waals surface area (Å²) in [4.78, 5) is 17.3. The van der Waals surface area contributed by atoms with Gasteiger partial charge in [0.2, 0.25) is 0 Å². The fourth-order valence-corrected chi connectivity index (χ4v) is 5.54. The Bertz CT molecular complexity index is 870. The fraction of sp³-hybridized carbons (Fsp3) is 0.567. The summed E-state index contributed by atoms with van der Waals surface area (Å²) in [5.41, 5.74) is 2.91. The summed E-state index contributed by atoms with van der Waals surface area (Å²) in [6.07, 6.45) is 4.14. The minimum atomic E-state index is -0.188. The van der Waals surface area contributed by atoms with E-state index in [4.69, 9.17) is 4.74 Å². The van der Waals surface area contributed by atoms with Crippen molar-refractivity contribution in [2.24, 2.45) is 5.41 Å². The molecule has 2 aromatic rings. The molecule has 3 rings (SSSR count). The molecule has 1 amide bonds. The molecule has 0 aliphatic carbocycles. The van der Waals surface area contributed by atoms with Gasteiger partial charge >= 0.3 is 6.09 Å². The van der Waals surface area contributed by atoms with Crippen molar-refractivity contribution in [1.29, 1.82) is 0 Å². The van der Waals surface area contributed by atoms with Crippen LogP contribution in [-0.4, -0.2) is 48.1 Å². The zero-order valence-corrected chi connectivity index (χ0v) is 21.9. The number of nitrogens with zero attached hydrogens (tertiary/aromatic N) is 2. The van der Waals surface area contributed by atoms with Gasteiger partial charge in [0, 0.05) is 25.7 Å². The van der Waals surface area contributed by atoms with Gasteiger partial charge in [0.25, 0.3) is 0 Å². The van der Waals surface area contributed by atoms with Gasteiger partial charge in [0.15, 0.2) is 0 Å². The Kier molecular flexibility index (Phi) is 9.18. The van der Waals surface area contributed by atoms with Gasteiger partial charge in [-0.2, -0.15) is 0 Å². The lowest BCUT2D eigenvalue weighted by atomic mass is 9.69. The molecule has 1 aliphatic rings. The number of benzene rings is 2. The highest BCUT2D eigenvalue weighted by molar-refractivity contribution is 5.68. The summed E-state index contributed by atoms with van der Waals surface area (Å²) < 4.78 is 5.62. The maximum atomic E-state index is 12.8. The maximum absolute atomic E-state index is 12.8. The molecule has 0 N–H and O–H groups in total. The summed E-state index contributed by atoms with van der Waals surface area (Å²) in [6, 6.07) is 21.2. The zero-order chi connectivity index (χ0) is 24.6. The standard InChI is InChI=1S/C30H44N2O2/c1-6-32(28(33)34-23-25-13-9-7-10-14-25)27-17-20-31(21-18-27)22-19-30(5,24-29(2,3)4)26-15-11-8-12-16-26/h7-16,27H,6,17-24H2,1-5H3. The van der Waals surface area contributed by atoms with Crippen LogP contribution in [0, 0.1) is 5.41 Å². The van der Waals surface area contributed by atoms with Gasteiger partial charge in [-0.15, -0.1) is 0 Å². The Morgan fingerprint density at radius 1 is 0.971 bits per heavy atom. The molecule has 1 heterocycles. The van der Waals surface area contributed by atoms with Gasteiger partial charge in [-0.3, -0.25) is 0 Å². The van der Waals surface area contributed by atoms with Crippen LogP contribution in [-0.2, 0) is 16.8 Å². The maximum Gasteiger partial charge on any atom is 0.410 e. The van der Waals surface area contributed by atoms with E-state index in [2.05, 4.69) is 62.9 Å². The smallest absolute Gasteiger partial charge is 0.410 e. The van der Waals surface area contributed by atoms with Gasteiger partial charge in [0.1, 0.15) is 6.61 Å². The van der Waals surface area contributed by atoms with Crippen molar-refractivity contribution in [2.45, 2.75) is 78.4 Å². The second kappa shape index (κ2) is 11.9. The molecule has 2 aromatic carbocycles. The van der Waals surface area contributed by atoms with Crippen molar-refractivity contribution in [1.82, 2.24) is 9.80 Å². The van der Waals surface area contributed by atoms with E-state index in [1.807, 2.05) is 42.2 Å². The largest absolute Gasteiger partial charge is 0.445 e. The van der Waals surface area contributed by atoms with Gasteiger partial charge in [-0.1, -0.05) is 88.4 Å². The number of hydrogen-bond donors (Lipinski definition) is 0. The van der Waals surface area contributed by atoms with Crippen LogP contribution >= 0.6 is 0 Å². The molecule has 1 unspecified atom stereocenters. The minimum Gasteiger partial charge on any atom is -0.445 e. The highest BCUT2D eigenvalue weighted by Gasteiger charge is 2.33. The predicted octanol–water partition coefficient (Wildman–Crippen LogP) is 6.89. The third-order valence-electron chi connectivity index (χ3n) is 7.15. The molecular weight excluding hydrogens is 420 g/mol. The Hall–Kier alpha value is -2.33. The van der Waals surface area contributed by atoms with Gasteiger partial charge in [0.05, 0.1) is 0 Å². The lowest BCUT2D eigenvalue weighted by molar-refractivity contribution is 0.0616. The van der Waals surface area contributed by atoms with Crippen molar-refractivity contribution in [2.75, 3.05) is 26.2 Å². The quantitative estimate of drug-likeness (QED) is 0.405. The first-order valence-electron chi connectivity index (χ1n) is 13.0. The summed E-state index contributed by atoms with van der Waals surface area (Å²) in [7, 11) is 0. The van der Waals surface area contributed by atoms with E-state index in [-0.39, 0.29) is 23.0 Å². The van der Waals surface area contributed by atoms with Gasteiger partial charge in [-0.05, 0) is 61.1 Å². The van der Waals surface area contributed by atoms with Crippen LogP contribution in [0.3, 0.4) is 0 Å². The Labute approximate surface area is 207 Å². The normalized spacial score (nSPS) is 17.2. The zero-order valence-electron chi connectivity index (χ0n) is 21.9. The summed E-state index contributed by atoms with van der Waals surface area (Å²) in [5, 5.41) is 0. The highest BCUT2D eigenvalue weighted by Crippen LogP contribution is 2.39. The van der Waals surface area contributed by atoms with Crippen LogP contribution in [0.15, 0.2) is 60.7 Å². The van der Waals surface area contributed by atoms with Crippen LogP contribution in [0.25, 0.3) is 0 Å². The van der Waals surface area contributed by atoms with Crippen molar-refractivity contribution >= 4 is 6.09 Å². The molecule has 1 aliphatic heterocycles. The van der Waals surface area contributed by atoms with Gasteiger partial charge in [-0.25, -0.2) is 4.79 Å². The number of carbonyl (C=O) groups is 1. The second-order valence-electron chi connectivity index (χ2n) is 11.3. The first-order chi connectivity index (χ1) is 16.2. The monoisotopic (exact) mass is 464 g/mol. The molecule has 4 heteroatoms. The van der Waals surface area contributed by atoms with Crippen LogP contribution in [0.4, 0.5) is 4.79 Å². The molecule has 34 heavy (non-hydrogen) atoms. The molecule has 0 bridgehead atoms. The lowest BCUT2D eigenvalue weighted by Gasteiger charge is -2.41. The molecular formula is C30H44N2O2. The number of carbonyl (C=O) groups excluding carboxylic acids is 1. The molecule has 4 nitrogen and oxygen atoms in total. The van der Waals surface area contributed by atoms with E-state index in [0.29, 0.717) is 13.2 Å². The van der Waals surface area contributed by atoms with Crippen LogP contribution < -0.4 is 0 Å². The average molecular weight is 465 g/mol. The predicted molar refractivity (Wildman–Crippen MR) is 141 cm³/mol. The van der Waals surface area contributed by atoms with E-state index in [1.165, 1.54) is 5.56 Å². The number of piperidine rings is 1. The second-order valence-corrected chi connectivity index (χ2v) is 11.3. The molecule has 0 spiro atoms. The van der Waals surface area contributed by atoms with E-state index in [1.54, 1.807) is 0 Å². The molecule has 1 fully saturated rings. The molecule has 0 radical (unpaired) electrons. The van der Waals surface area contributed by atoms with Crippen LogP contribution in [0.5, 0.6) is 0 Å². The van der Waals surface area contributed by atoms with Crippen LogP contribution in [0.1, 0.15) is 71.4 Å². The Balaban J connectivity index is 1.52. The molecule has 186 valence electrons. The Morgan fingerprint density at radius 2 is 1.56 bits per heavy atom. The minimum absolute atomic E-state index is 0.160. The van der Waals surface area contributed by atoms with E-state index < -0.39 is 0 Å². The first kappa shape index (κ1) is 26.3. The topological polar surface area (TPSA) is 32.8 Å². The number of rotatable bonds is 9. The SMILES string of the molecule is CCN(C(=O)OCc1ccccc1)C1CCN(CCC(C)(CC(C)(C)C)c2ccccc2)CC1.